The maximum absolute atomic E-state index is 12.9. The van der Waals surface area contributed by atoms with Gasteiger partial charge in [0.25, 0.3) is 0 Å². The monoisotopic (exact) mass is 477 g/mol. The number of benzene rings is 2. The number of amides is 2. The highest BCUT2D eigenvalue weighted by molar-refractivity contribution is 6.30. The molecule has 7 heteroatoms. The van der Waals surface area contributed by atoms with E-state index < -0.39 is 0 Å². The summed E-state index contributed by atoms with van der Waals surface area (Å²) in [6.45, 7) is 10.9. The van der Waals surface area contributed by atoms with Gasteiger partial charge in [0.15, 0.2) is 0 Å². The minimum absolute atomic E-state index is 0.0529. The summed E-state index contributed by atoms with van der Waals surface area (Å²) < 4.78 is 0. The summed E-state index contributed by atoms with van der Waals surface area (Å²) in [5, 5.41) is 3.81. The average molecular weight is 478 g/mol. The fourth-order valence-electron chi connectivity index (χ4n) is 4.38. The number of anilines is 2. The van der Waals surface area contributed by atoms with Crippen molar-refractivity contribution in [1.82, 2.24) is 14.9 Å². The Labute approximate surface area is 207 Å². The number of hydrogen-bond acceptors (Lipinski definition) is 4. The quantitative estimate of drug-likeness (QED) is 0.522. The molecule has 34 heavy (non-hydrogen) atoms. The van der Waals surface area contributed by atoms with Gasteiger partial charge in [-0.25, -0.2) is 14.8 Å². The van der Waals surface area contributed by atoms with Crippen LogP contribution >= 0.6 is 11.6 Å². The molecule has 1 aromatic heterocycles. The molecule has 2 aromatic carbocycles. The normalized spacial score (nSPS) is 13.8. The first-order valence-corrected chi connectivity index (χ1v) is 12.2. The third kappa shape index (κ3) is 5.33. The first-order chi connectivity index (χ1) is 16.4. The van der Waals surface area contributed by atoms with E-state index in [4.69, 9.17) is 21.6 Å². The summed E-state index contributed by atoms with van der Waals surface area (Å²) in [5.41, 5.74) is 6.55. The van der Waals surface area contributed by atoms with Crippen LogP contribution in [0.15, 0.2) is 42.5 Å². The van der Waals surface area contributed by atoms with Crippen LogP contribution in [0.25, 0.3) is 0 Å². The minimum Gasteiger partial charge on any atom is -0.353 e. The highest BCUT2D eigenvalue weighted by atomic mass is 35.5. The van der Waals surface area contributed by atoms with Crippen molar-refractivity contribution >= 4 is 29.1 Å². The van der Waals surface area contributed by atoms with Crippen molar-refractivity contribution in [1.29, 1.82) is 0 Å². The molecular weight excluding hydrogens is 446 g/mol. The molecule has 1 fully saturated rings. The fourth-order valence-corrected chi connectivity index (χ4v) is 4.51. The number of urea groups is 1. The number of carbonyl (C=O) groups is 1. The van der Waals surface area contributed by atoms with Crippen LogP contribution in [0.1, 0.15) is 40.7 Å². The number of piperazine rings is 1. The van der Waals surface area contributed by atoms with Gasteiger partial charge in [-0.3, -0.25) is 0 Å². The van der Waals surface area contributed by atoms with E-state index in [2.05, 4.69) is 42.3 Å². The van der Waals surface area contributed by atoms with Gasteiger partial charge in [0.2, 0.25) is 0 Å². The van der Waals surface area contributed by atoms with Crippen LogP contribution in [0.2, 0.25) is 5.02 Å². The number of nitrogens with zero attached hydrogens (tertiary/aromatic N) is 4. The zero-order chi connectivity index (χ0) is 24.2. The van der Waals surface area contributed by atoms with Crippen LogP contribution in [-0.4, -0.2) is 47.1 Å². The topological polar surface area (TPSA) is 61.4 Å². The molecule has 0 aliphatic carbocycles. The van der Waals surface area contributed by atoms with Crippen molar-refractivity contribution in [2.24, 2.45) is 0 Å². The van der Waals surface area contributed by atoms with Crippen molar-refractivity contribution in [2.75, 3.05) is 36.4 Å². The molecule has 4 rings (SSSR count). The van der Waals surface area contributed by atoms with Crippen LogP contribution < -0.4 is 10.2 Å². The van der Waals surface area contributed by atoms with E-state index in [9.17, 15) is 4.79 Å². The van der Waals surface area contributed by atoms with E-state index in [1.54, 1.807) is 0 Å². The van der Waals surface area contributed by atoms with E-state index in [0.29, 0.717) is 13.1 Å². The van der Waals surface area contributed by atoms with E-state index in [0.717, 1.165) is 65.1 Å². The third-order valence-corrected chi connectivity index (χ3v) is 6.78. The molecule has 1 aliphatic heterocycles. The van der Waals surface area contributed by atoms with Crippen molar-refractivity contribution in [3.05, 3.63) is 81.3 Å². The second-order valence-electron chi connectivity index (χ2n) is 8.83. The Kier molecular flexibility index (Phi) is 7.37. The maximum Gasteiger partial charge on any atom is 0.321 e. The predicted molar refractivity (Wildman–Crippen MR) is 139 cm³/mol. The van der Waals surface area contributed by atoms with E-state index >= 15 is 0 Å². The molecular formula is C27H32ClN5O. The summed E-state index contributed by atoms with van der Waals surface area (Å²) in [6, 6.07) is 13.9. The summed E-state index contributed by atoms with van der Waals surface area (Å²) in [4.78, 5) is 26.7. The van der Waals surface area contributed by atoms with E-state index in [-0.39, 0.29) is 6.03 Å². The minimum atomic E-state index is -0.0529. The van der Waals surface area contributed by atoms with Gasteiger partial charge in [-0.2, -0.15) is 0 Å². The zero-order valence-corrected chi connectivity index (χ0v) is 21.1. The van der Waals surface area contributed by atoms with Crippen molar-refractivity contribution < 1.29 is 4.79 Å². The van der Waals surface area contributed by atoms with Crippen LogP contribution in [0.5, 0.6) is 0 Å². The maximum atomic E-state index is 12.9. The smallest absolute Gasteiger partial charge is 0.321 e. The number of halogens is 1. The van der Waals surface area contributed by atoms with Crippen molar-refractivity contribution in [2.45, 2.75) is 40.5 Å². The van der Waals surface area contributed by atoms with Gasteiger partial charge in [-0.15, -0.1) is 0 Å². The molecule has 3 aromatic rings. The highest BCUT2D eigenvalue weighted by Gasteiger charge is 2.25. The Bertz CT molecular complexity index is 1170. The second kappa shape index (κ2) is 10.4. The average Bonchev–Trinajstić information content (AvgIpc) is 2.84. The van der Waals surface area contributed by atoms with E-state index in [1.165, 1.54) is 11.1 Å². The van der Waals surface area contributed by atoms with Gasteiger partial charge in [0.05, 0.1) is 0 Å². The molecule has 2 heterocycles. The zero-order valence-electron chi connectivity index (χ0n) is 20.4. The molecule has 1 saturated heterocycles. The summed E-state index contributed by atoms with van der Waals surface area (Å²) in [7, 11) is 0. The van der Waals surface area contributed by atoms with Crippen molar-refractivity contribution in [3.8, 4) is 0 Å². The summed E-state index contributed by atoms with van der Waals surface area (Å²) in [6.07, 6.45) is 1.60. The molecule has 0 atom stereocenters. The number of carbonyl (C=O) groups excluding carboxylic acids is 1. The Morgan fingerprint density at radius 2 is 1.71 bits per heavy atom. The van der Waals surface area contributed by atoms with Gasteiger partial charge in [-0.05, 0) is 62.1 Å². The molecule has 0 bridgehead atoms. The Morgan fingerprint density at radius 1 is 1.00 bits per heavy atom. The fraction of sp³-hybridized carbons (Fsp3) is 0.370. The molecule has 2 amide bonds. The Balaban J connectivity index is 1.50. The summed E-state index contributed by atoms with van der Waals surface area (Å²) in [5.74, 6) is 1.76. The number of rotatable bonds is 5. The predicted octanol–water partition coefficient (Wildman–Crippen LogP) is 5.56. The molecule has 0 saturated carbocycles. The largest absolute Gasteiger partial charge is 0.353 e. The van der Waals surface area contributed by atoms with Gasteiger partial charge >= 0.3 is 6.03 Å². The molecule has 0 spiro atoms. The number of hydrogen-bond donors (Lipinski definition) is 1. The van der Waals surface area contributed by atoms with Crippen LogP contribution in [0.3, 0.4) is 0 Å². The molecule has 1 aliphatic rings. The van der Waals surface area contributed by atoms with Gasteiger partial charge in [0.1, 0.15) is 11.6 Å². The highest BCUT2D eigenvalue weighted by Crippen LogP contribution is 2.27. The third-order valence-electron chi connectivity index (χ3n) is 6.52. The molecule has 0 unspecified atom stereocenters. The van der Waals surface area contributed by atoms with E-state index in [1.807, 2.05) is 43.0 Å². The lowest BCUT2D eigenvalue weighted by molar-refractivity contribution is 0.208. The number of aryl methyl sites for hydroxylation is 3. The first kappa shape index (κ1) is 24.0. The second-order valence-corrected chi connectivity index (χ2v) is 9.26. The van der Waals surface area contributed by atoms with Crippen molar-refractivity contribution in [3.63, 3.8) is 0 Å². The lowest BCUT2D eigenvalue weighted by Crippen LogP contribution is -2.50. The van der Waals surface area contributed by atoms with Crippen LogP contribution in [-0.2, 0) is 12.8 Å². The standard InChI is InChI=1S/C27H32ClN5O/c1-5-24-23(17-21-9-11-22(28)12-10-21)26(30-20(4)29-24)32-13-15-33(16-14-32)27(34)31-25-8-6-7-18(2)19(25)3/h6-12H,5,13-17H2,1-4H3,(H,31,34). The lowest BCUT2D eigenvalue weighted by atomic mass is 10.0. The Morgan fingerprint density at radius 3 is 2.38 bits per heavy atom. The first-order valence-electron chi connectivity index (χ1n) is 11.8. The SMILES string of the molecule is CCc1nc(C)nc(N2CCN(C(=O)Nc3cccc(C)c3C)CC2)c1Cc1ccc(Cl)cc1. The molecule has 1 N–H and O–H groups in total. The van der Waals surface area contributed by atoms with Crippen LogP contribution in [0, 0.1) is 20.8 Å². The molecule has 6 nitrogen and oxygen atoms in total. The summed E-state index contributed by atoms with van der Waals surface area (Å²) >= 11 is 6.08. The molecule has 178 valence electrons. The molecule has 0 radical (unpaired) electrons. The van der Waals surface area contributed by atoms with Gasteiger partial charge < -0.3 is 15.1 Å². The number of nitrogens with one attached hydrogen (secondary N) is 1. The van der Waals surface area contributed by atoms with Crippen LogP contribution in [0.4, 0.5) is 16.3 Å². The van der Waals surface area contributed by atoms with Gasteiger partial charge in [0, 0.05) is 54.6 Å². The number of aromatic nitrogens is 2. The van der Waals surface area contributed by atoms with Gasteiger partial charge in [-0.1, -0.05) is 42.8 Å². The Hall–Kier alpha value is -3.12. The lowest BCUT2D eigenvalue weighted by Gasteiger charge is -2.36.